The van der Waals surface area contributed by atoms with E-state index < -0.39 is 0 Å². The van der Waals surface area contributed by atoms with Gasteiger partial charge in [0.05, 0.1) is 28.7 Å². The van der Waals surface area contributed by atoms with Crippen molar-refractivity contribution >= 4 is 28.8 Å². The van der Waals surface area contributed by atoms with Crippen LogP contribution in [-0.2, 0) is 13.1 Å². The highest BCUT2D eigenvalue weighted by Gasteiger charge is 2.11. The van der Waals surface area contributed by atoms with Crippen molar-refractivity contribution in [3.63, 3.8) is 0 Å². The smallest absolute Gasteiger partial charge is 0.260 e. The van der Waals surface area contributed by atoms with Crippen LogP contribution < -0.4 is 10.9 Å². The normalized spacial score (nSPS) is 11.0. The summed E-state index contributed by atoms with van der Waals surface area (Å²) in [6, 6.07) is 9.14. The number of hydrogen-bond acceptors (Lipinski definition) is 7. The average molecular weight is 389 g/mol. The van der Waals surface area contributed by atoms with E-state index in [2.05, 4.69) is 36.1 Å². The first kappa shape index (κ1) is 16.5. The maximum absolute atomic E-state index is 12.7. The Balaban J connectivity index is 1.52. The van der Waals surface area contributed by atoms with Crippen LogP contribution in [0.1, 0.15) is 10.7 Å². The second-order valence-electron chi connectivity index (χ2n) is 5.41. The van der Waals surface area contributed by atoms with Crippen molar-refractivity contribution in [1.82, 2.24) is 35.4 Å². The third-order valence-electron chi connectivity index (χ3n) is 3.66. The van der Waals surface area contributed by atoms with Crippen molar-refractivity contribution < 1.29 is 0 Å². The van der Waals surface area contributed by atoms with Gasteiger partial charge in [0, 0.05) is 17.1 Å². The van der Waals surface area contributed by atoms with Crippen molar-refractivity contribution in [2.45, 2.75) is 13.1 Å². The molecule has 0 aliphatic heterocycles. The lowest BCUT2D eigenvalue weighted by atomic mass is 10.2. The predicted octanol–water partition coefficient (Wildman–Crippen LogP) is 2.13. The second kappa shape index (κ2) is 7.10. The number of pyridine rings is 1. The van der Waals surface area contributed by atoms with Crippen LogP contribution >= 0.6 is 22.9 Å². The standard InChI is InChI=1S/C15H13ClN8OS/c16-12-4-3-9(26-12)7-17-13-6-11(18-19-13)10-2-1-5-24(15(10)25)8-14-20-22-23-21-14/h1-6H,7-8H2,(H2,17,18,19)(H,20,21,22,23). The van der Waals surface area contributed by atoms with Crippen LogP contribution in [0.2, 0.25) is 4.34 Å². The highest BCUT2D eigenvalue weighted by Crippen LogP contribution is 2.23. The van der Waals surface area contributed by atoms with E-state index >= 15 is 0 Å². The average Bonchev–Trinajstić information content (AvgIpc) is 3.37. The molecule has 0 saturated heterocycles. The molecule has 4 heterocycles. The van der Waals surface area contributed by atoms with E-state index in [0.29, 0.717) is 29.4 Å². The first-order valence-corrected chi connectivity index (χ1v) is 8.84. The van der Waals surface area contributed by atoms with Gasteiger partial charge in [-0.05, 0) is 24.3 Å². The van der Waals surface area contributed by atoms with Crippen LogP contribution in [0.3, 0.4) is 0 Å². The van der Waals surface area contributed by atoms with E-state index in [9.17, 15) is 4.79 Å². The Kier molecular flexibility index (Phi) is 4.50. The number of H-pyrrole nitrogens is 2. The minimum atomic E-state index is -0.169. The van der Waals surface area contributed by atoms with Crippen LogP contribution in [0, 0.1) is 0 Å². The molecule has 0 atom stereocenters. The molecule has 9 nitrogen and oxygen atoms in total. The Morgan fingerprint density at radius 3 is 2.96 bits per heavy atom. The zero-order valence-corrected chi connectivity index (χ0v) is 14.9. The van der Waals surface area contributed by atoms with Crippen LogP contribution in [0.5, 0.6) is 0 Å². The van der Waals surface area contributed by atoms with E-state index in [1.165, 1.54) is 15.9 Å². The molecular formula is C15H13ClN8OS. The summed E-state index contributed by atoms with van der Waals surface area (Å²) < 4.78 is 2.26. The largest absolute Gasteiger partial charge is 0.364 e. The number of aromatic amines is 2. The maximum atomic E-state index is 12.7. The molecule has 26 heavy (non-hydrogen) atoms. The number of nitrogens with zero attached hydrogens (tertiary/aromatic N) is 5. The van der Waals surface area contributed by atoms with Gasteiger partial charge in [0.2, 0.25) is 0 Å². The summed E-state index contributed by atoms with van der Waals surface area (Å²) in [5, 5.41) is 23.9. The molecule has 0 fully saturated rings. The van der Waals surface area contributed by atoms with Crippen LogP contribution in [-0.4, -0.2) is 35.4 Å². The summed E-state index contributed by atoms with van der Waals surface area (Å²) in [5.74, 6) is 1.09. The minimum absolute atomic E-state index is 0.169. The lowest BCUT2D eigenvalue weighted by molar-refractivity contribution is 0.717. The zero-order valence-electron chi connectivity index (χ0n) is 13.3. The fourth-order valence-corrected chi connectivity index (χ4v) is 3.47. The van der Waals surface area contributed by atoms with Gasteiger partial charge in [0.25, 0.3) is 5.56 Å². The lowest BCUT2D eigenvalue weighted by Crippen LogP contribution is -2.22. The van der Waals surface area contributed by atoms with Gasteiger partial charge in [-0.1, -0.05) is 16.8 Å². The van der Waals surface area contributed by atoms with Crippen LogP contribution in [0.15, 0.2) is 41.3 Å². The van der Waals surface area contributed by atoms with Crippen molar-refractivity contribution in [3.05, 3.63) is 61.9 Å². The molecule has 4 aromatic rings. The molecular weight excluding hydrogens is 376 g/mol. The Bertz CT molecular complexity index is 1070. The molecule has 0 bridgehead atoms. The molecule has 0 aliphatic carbocycles. The molecule has 132 valence electrons. The number of nitrogens with one attached hydrogen (secondary N) is 3. The molecule has 0 amide bonds. The van der Waals surface area contributed by atoms with Gasteiger partial charge in [-0.25, -0.2) is 0 Å². The number of anilines is 1. The topological polar surface area (TPSA) is 117 Å². The first-order chi connectivity index (χ1) is 12.7. The summed E-state index contributed by atoms with van der Waals surface area (Å²) in [5.41, 5.74) is 0.970. The molecule has 4 rings (SSSR count). The van der Waals surface area contributed by atoms with Crippen LogP contribution in [0.4, 0.5) is 5.82 Å². The Morgan fingerprint density at radius 2 is 2.19 bits per heavy atom. The maximum Gasteiger partial charge on any atom is 0.260 e. The molecule has 11 heteroatoms. The predicted molar refractivity (Wildman–Crippen MR) is 98.2 cm³/mol. The monoisotopic (exact) mass is 388 g/mol. The third-order valence-corrected chi connectivity index (χ3v) is 4.89. The van der Waals surface area contributed by atoms with Gasteiger partial charge in [0.15, 0.2) is 5.82 Å². The second-order valence-corrected chi connectivity index (χ2v) is 7.21. The van der Waals surface area contributed by atoms with Crippen molar-refractivity contribution in [1.29, 1.82) is 0 Å². The Labute approximate surface area is 156 Å². The van der Waals surface area contributed by atoms with E-state index in [0.717, 1.165) is 9.21 Å². The fraction of sp³-hybridized carbons (Fsp3) is 0.133. The fourth-order valence-electron chi connectivity index (χ4n) is 2.44. The molecule has 0 aliphatic rings. The molecule has 0 spiro atoms. The molecule has 0 radical (unpaired) electrons. The Hall–Kier alpha value is -2.98. The van der Waals surface area contributed by atoms with E-state index in [1.54, 1.807) is 24.4 Å². The van der Waals surface area contributed by atoms with E-state index in [4.69, 9.17) is 11.6 Å². The summed E-state index contributed by atoms with van der Waals surface area (Å²) in [4.78, 5) is 13.8. The third kappa shape index (κ3) is 3.51. The number of aromatic nitrogens is 7. The quantitative estimate of drug-likeness (QED) is 0.465. The summed E-state index contributed by atoms with van der Waals surface area (Å²) in [7, 11) is 0. The number of tetrazole rings is 1. The molecule has 4 aromatic heterocycles. The number of hydrogen-bond donors (Lipinski definition) is 3. The SMILES string of the molecule is O=c1c(-c2cc(NCc3ccc(Cl)s3)n[nH]2)cccn1Cc1nn[nH]n1. The molecule has 0 saturated carbocycles. The summed E-state index contributed by atoms with van der Waals surface area (Å²) >= 11 is 7.43. The Morgan fingerprint density at radius 1 is 1.27 bits per heavy atom. The van der Waals surface area contributed by atoms with Gasteiger partial charge < -0.3 is 9.88 Å². The molecule has 0 unspecified atom stereocenters. The zero-order chi connectivity index (χ0) is 17.9. The highest BCUT2D eigenvalue weighted by atomic mass is 35.5. The van der Waals surface area contributed by atoms with Gasteiger partial charge in [0.1, 0.15) is 5.82 Å². The van der Waals surface area contributed by atoms with Crippen molar-refractivity contribution in [3.8, 4) is 11.3 Å². The van der Waals surface area contributed by atoms with Gasteiger partial charge in [-0.3, -0.25) is 9.89 Å². The summed E-state index contributed by atoms with van der Waals surface area (Å²) in [6.07, 6.45) is 1.68. The van der Waals surface area contributed by atoms with Crippen molar-refractivity contribution in [2.75, 3.05) is 5.32 Å². The van der Waals surface area contributed by atoms with Gasteiger partial charge in [-0.2, -0.15) is 10.3 Å². The highest BCUT2D eigenvalue weighted by molar-refractivity contribution is 7.16. The van der Waals surface area contributed by atoms with E-state index in [-0.39, 0.29) is 12.1 Å². The number of halogens is 1. The number of thiophene rings is 1. The van der Waals surface area contributed by atoms with Gasteiger partial charge in [-0.15, -0.1) is 21.5 Å². The van der Waals surface area contributed by atoms with Crippen molar-refractivity contribution in [2.24, 2.45) is 0 Å². The first-order valence-electron chi connectivity index (χ1n) is 7.65. The lowest BCUT2D eigenvalue weighted by Gasteiger charge is -2.04. The van der Waals surface area contributed by atoms with E-state index in [1.807, 2.05) is 12.1 Å². The van der Waals surface area contributed by atoms with Gasteiger partial charge >= 0.3 is 0 Å². The summed E-state index contributed by atoms with van der Waals surface area (Å²) in [6.45, 7) is 0.847. The molecule has 0 aromatic carbocycles. The van der Waals surface area contributed by atoms with Crippen LogP contribution in [0.25, 0.3) is 11.3 Å². The number of rotatable bonds is 6. The minimum Gasteiger partial charge on any atom is -0.364 e. The molecule has 3 N–H and O–H groups in total.